The zero-order valence-corrected chi connectivity index (χ0v) is 12.2. The second kappa shape index (κ2) is 5.94. The Labute approximate surface area is 118 Å². The fraction of sp³-hybridized carbons (Fsp3) is 0.462. The van der Waals surface area contributed by atoms with E-state index in [1.165, 1.54) is 12.1 Å². The average molecular weight is 338 g/mol. The highest BCUT2D eigenvalue weighted by Gasteiger charge is 2.30. The molecule has 1 aromatic carbocycles. The zero-order chi connectivity index (χ0) is 14.7. The first-order valence-corrected chi connectivity index (χ1v) is 6.79. The molecule has 1 N–H and O–H groups in total. The predicted octanol–water partition coefficient (Wildman–Crippen LogP) is 3.86. The largest absolute Gasteiger partial charge is 0.416 e. The lowest BCUT2D eigenvalue weighted by molar-refractivity contribution is -0.137. The van der Waals surface area contributed by atoms with Crippen molar-refractivity contribution in [3.8, 4) is 0 Å². The maximum absolute atomic E-state index is 12.4. The third-order valence-corrected chi connectivity index (χ3v) is 4.08. The number of hydrogen-bond donors (Lipinski definition) is 1. The van der Waals surface area contributed by atoms with E-state index in [0.29, 0.717) is 11.9 Å². The van der Waals surface area contributed by atoms with Gasteiger partial charge in [0.1, 0.15) is 0 Å². The molecule has 1 aromatic rings. The Morgan fingerprint density at radius 2 is 1.74 bits per heavy atom. The third-order valence-electron chi connectivity index (χ3n) is 2.56. The number of carbonyl (C=O) groups is 1. The van der Waals surface area contributed by atoms with Gasteiger partial charge in [-0.3, -0.25) is 4.79 Å². The van der Waals surface area contributed by atoms with Crippen LogP contribution < -0.4 is 5.32 Å². The fourth-order valence-electron chi connectivity index (χ4n) is 1.28. The van der Waals surface area contributed by atoms with E-state index in [1.54, 1.807) is 0 Å². The van der Waals surface area contributed by atoms with E-state index in [-0.39, 0.29) is 16.9 Å². The molecule has 0 saturated heterocycles. The Bertz CT molecular complexity index is 440. The van der Waals surface area contributed by atoms with Gasteiger partial charge in [0.15, 0.2) is 0 Å². The smallest absolute Gasteiger partial charge is 0.351 e. The molecule has 0 aliphatic heterocycles. The molecule has 0 heterocycles. The number of nitrogens with one attached hydrogen (secondary N) is 1. The van der Waals surface area contributed by atoms with Crippen LogP contribution >= 0.6 is 15.9 Å². The van der Waals surface area contributed by atoms with Crippen LogP contribution in [-0.2, 0) is 6.18 Å². The minimum absolute atomic E-state index is 0.110. The van der Waals surface area contributed by atoms with Crippen molar-refractivity contribution < 1.29 is 18.0 Å². The Morgan fingerprint density at radius 1 is 1.21 bits per heavy atom. The first-order valence-electron chi connectivity index (χ1n) is 5.67. The number of halogens is 4. The summed E-state index contributed by atoms with van der Waals surface area (Å²) in [4.78, 5) is 11.8. The Hall–Kier alpha value is -1.04. The van der Waals surface area contributed by atoms with Crippen molar-refractivity contribution in [3.05, 3.63) is 35.4 Å². The first kappa shape index (κ1) is 16.0. The highest BCUT2D eigenvalue weighted by molar-refractivity contribution is 9.09. The molecule has 106 valence electrons. The average Bonchev–Trinajstić information content (AvgIpc) is 2.35. The SMILES string of the molecule is CC(C)(CBr)CNC(=O)c1ccc(C(F)(F)F)cc1. The van der Waals surface area contributed by atoms with E-state index in [2.05, 4.69) is 21.2 Å². The molecule has 1 rings (SSSR count). The number of hydrogen-bond acceptors (Lipinski definition) is 1. The van der Waals surface area contributed by atoms with Crippen molar-refractivity contribution in [1.82, 2.24) is 5.32 Å². The van der Waals surface area contributed by atoms with Gasteiger partial charge < -0.3 is 5.32 Å². The van der Waals surface area contributed by atoms with Gasteiger partial charge in [0.2, 0.25) is 0 Å². The molecule has 0 aromatic heterocycles. The molecule has 1 amide bonds. The molecular weight excluding hydrogens is 323 g/mol. The topological polar surface area (TPSA) is 29.1 Å². The van der Waals surface area contributed by atoms with Gasteiger partial charge in [-0.25, -0.2) is 0 Å². The number of alkyl halides is 4. The minimum atomic E-state index is -4.38. The quantitative estimate of drug-likeness (QED) is 0.830. The highest BCUT2D eigenvalue weighted by atomic mass is 79.9. The predicted molar refractivity (Wildman–Crippen MR) is 71.4 cm³/mol. The van der Waals surface area contributed by atoms with Crippen molar-refractivity contribution >= 4 is 21.8 Å². The number of carbonyl (C=O) groups excluding carboxylic acids is 1. The maximum atomic E-state index is 12.4. The van der Waals surface area contributed by atoms with Crippen LogP contribution in [0.4, 0.5) is 13.2 Å². The summed E-state index contributed by atoms with van der Waals surface area (Å²) in [5.41, 5.74) is -0.648. The van der Waals surface area contributed by atoms with Crippen LogP contribution in [0.1, 0.15) is 29.8 Å². The van der Waals surface area contributed by atoms with Gasteiger partial charge in [0.05, 0.1) is 5.56 Å². The lowest BCUT2D eigenvalue weighted by Crippen LogP contribution is -2.34. The van der Waals surface area contributed by atoms with Crippen LogP contribution in [-0.4, -0.2) is 17.8 Å². The van der Waals surface area contributed by atoms with Crippen molar-refractivity contribution in [2.24, 2.45) is 5.41 Å². The standard InChI is InChI=1S/C13H15BrF3NO/c1-12(2,7-14)8-18-11(19)9-3-5-10(6-4-9)13(15,16)17/h3-6H,7-8H2,1-2H3,(H,18,19). The van der Waals surface area contributed by atoms with E-state index >= 15 is 0 Å². The summed E-state index contributed by atoms with van der Waals surface area (Å²) in [6, 6.07) is 4.17. The second-order valence-electron chi connectivity index (χ2n) is 5.06. The van der Waals surface area contributed by atoms with Crippen molar-refractivity contribution in [1.29, 1.82) is 0 Å². The molecule has 19 heavy (non-hydrogen) atoms. The van der Waals surface area contributed by atoms with Crippen LogP contribution in [0.5, 0.6) is 0 Å². The molecule has 0 bridgehead atoms. The normalized spacial score (nSPS) is 12.3. The van der Waals surface area contributed by atoms with Crippen molar-refractivity contribution in [2.75, 3.05) is 11.9 Å². The van der Waals surface area contributed by atoms with Gasteiger partial charge in [0, 0.05) is 17.4 Å². The van der Waals surface area contributed by atoms with Crippen LogP contribution in [0.15, 0.2) is 24.3 Å². The van der Waals surface area contributed by atoms with E-state index in [0.717, 1.165) is 12.1 Å². The van der Waals surface area contributed by atoms with Crippen LogP contribution in [0, 0.1) is 5.41 Å². The lowest BCUT2D eigenvalue weighted by Gasteiger charge is -2.21. The molecule has 0 atom stereocenters. The van der Waals surface area contributed by atoms with Gasteiger partial charge in [-0.2, -0.15) is 13.2 Å². The molecule has 0 aliphatic carbocycles. The van der Waals surface area contributed by atoms with Crippen LogP contribution in [0.2, 0.25) is 0 Å². The van der Waals surface area contributed by atoms with Crippen LogP contribution in [0.3, 0.4) is 0 Å². The summed E-state index contributed by atoms with van der Waals surface area (Å²) in [5.74, 6) is -0.372. The van der Waals surface area contributed by atoms with Gasteiger partial charge in [-0.1, -0.05) is 29.8 Å². The molecule has 2 nitrogen and oxygen atoms in total. The van der Waals surface area contributed by atoms with E-state index in [1.807, 2.05) is 13.8 Å². The fourth-order valence-corrected chi connectivity index (χ4v) is 1.48. The number of benzene rings is 1. The summed E-state index contributed by atoms with van der Waals surface area (Å²) in [5, 5.41) is 3.41. The third kappa shape index (κ3) is 4.86. The zero-order valence-electron chi connectivity index (χ0n) is 10.6. The van der Waals surface area contributed by atoms with Crippen molar-refractivity contribution in [2.45, 2.75) is 20.0 Å². The lowest BCUT2D eigenvalue weighted by atomic mass is 9.96. The Kier molecular flexibility index (Phi) is 5.01. The molecule has 0 unspecified atom stereocenters. The summed E-state index contributed by atoms with van der Waals surface area (Å²) in [6.45, 7) is 4.38. The van der Waals surface area contributed by atoms with Crippen molar-refractivity contribution in [3.63, 3.8) is 0 Å². The van der Waals surface area contributed by atoms with E-state index in [4.69, 9.17) is 0 Å². The molecule has 0 radical (unpaired) electrons. The highest BCUT2D eigenvalue weighted by Crippen LogP contribution is 2.29. The summed E-state index contributed by atoms with van der Waals surface area (Å²) in [6.07, 6.45) is -4.38. The Morgan fingerprint density at radius 3 is 2.16 bits per heavy atom. The summed E-state index contributed by atoms with van der Waals surface area (Å²) < 4.78 is 37.1. The maximum Gasteiger partial charge on any atom is 0.416 e. The van der Waals surface area contributed by atoms with E-state index < -0.39 is 11.7 Å². The van der Waals surface area contributed by atoms with Crippen LogP contribution in [0.25, 0.3) is 0 Å². The summed E-state index contributed by atoms with van der Waals surface area (Å²) >= 11 is 3.33. The minimum Gasteiger partial charge on any atom is -0.351 e. The monoisotopic (exact) mass is 337 g/mol. The van der Waals surface area contributed by atoms with Gasteiger partial charge >= 0.3 is 6.18 Å². The molecule has 0 saturated carbocycles. The number of rotatable bonds is 4. The molecule has 0 fully saturated rings. The first-order chi connectivity index (χ1) is 8.65. The van der Waals surface area contributed by atoms with E-state index in [9.17, 15) is 18.0 Å². The molecule has 6 heteroatoms. The summed E-state index contributed by atoms with van der Waals surface area (Å²) in [7, 11) is 0. The van der Waals surface area contributed by atoms with Gasteiger partial charge in [-0.05, 0) is 29.7 Å². The second-order valence-corrected chi connectivity index (χ2v) is 5.62. The van der Waals surface area contributed by atoms with Gasteiger partial charge in [0.25, 0.3) is 5.91 Å². The molecule has 0 spiro atoms. The molecule has 0 aliphatic rings. The van der Waals surface area contributed by atoms with Gasteiger partial charge in [-0.15, -0.1) is 0 Å². The Balaban J connectivity index is 2.69. The number of amides is 1. The molecular formula is C13H15BrF3NO.